The number of fused-ring (bicyclic) bond motifs is 1. The van der Waals surface area contributed by atoms with Crippen LogP contribution in [0.25, 0.3) is 0 Å². The molecule has 0 N–H and O–H groups in total. The Morgan fingerprint density at radius 1 is 0.935 bits per heavy atom. The smallest absolute Gasteiger partial charge is 0.223 e. The van der Waals surface area contributed by atoms with Gasteiger partial charge in [0, 0.05) is 57.0 Å². The molecule has 0 saturated carbocycles. The normalized spacial score (nSPS) is 19.7. The van der Waals surface area contributed by atoms with Gasteiger partial charge in [-0.3, -0.25) is 14.5 Å². The first-order valence-corrected chi connectivity index (χ1v) is 12.5. The third-order valence-corrected chi connectivity index (χ3v) is 7.46. The molecule has 0 aliphatic carbocycles. The van der Waals surface area contributed by atoms with Gasteiger partial charge in [0.2, 0.25) is 11.8 Å². The van der Waals surface area contributed by atoms with Crippen molar-refractivity contribution in [1.82, 2.24) is 14.7 Å². The Labute approximate surface area is 189 Å². The van der Waals surface area contributed by atoms with Crippen molar-refractivity contribution >= 4 is 23.2 Å². The van der Waals surface area contributed by atoms with Gasteiger partial charge < -0.3 is 9.80 Å². The Balaban J connectivity index is 1.38. The van der Waals surface area contributed by atoms with Crippen LogP contribution < -0.4 is 0 Å². The van der Waals surface area contributed by atoms with E-state index >= 15 is 0 Å². The van der Waals surface area contributed by atoms with Crippen molar-refractivity contribution < 1.29 is 9.59 Å². The molecule has 0 radical (unpaired) electrons. The van der Waals surface area contributed by atoms with E-state index in [1.807, 2.05) is 28.1 Å². The van der Waals surface area contributed by atoms with E-state index in [0.29, 0.717) is 25.9 Å². The topological polar surface area (TPSA) is 43.9 Å². The second kappa shape index (κ2) is 10.4. The van der Waals surface area contributed by atoms with Crippen molar-refractivity contribution in [3.63, 3.8) is 0 Å². The van der Waals surface area contributed by atoms with E-state index in [9.17, 15) is 9.59 Å². The lowest BCUT2D eigenvalue weighted by Crippen LogP contribution is -2.40. The highest BCUT2D eigenvalue weighted by molar-refractivity contribution is 7.10. The lowest BCUT2D eigenvalue weighted by atomic mass is 9.93. The summed E-state index contributed by atoms with van der Waals surface area (Å²) < 4.78 is 0. The first-order chi connectivity index (χ1) is 15.2. The van der Waals surface area contributed by atoms with Crippen LogP contribution in [0.4, 0.5) is 0 Å². The minimum atomic E-state index is 0.215. The molecular weight excluding hydrogens is 406 g/mol. The molecule has 2 amide bonds. The number of nitrogens with zero attached hydrogens (tertiary/aromatic N) is 3. The van der Waals surface area contributed by atoms with E-state index in [0.717, 1.165) is 45.4 Å². The number of carbonyl (C=O) groups excluding carboxylic acids is 2. The first kappa shape index (κ1) is 22.0. The summed E-state index contributed by atoms with van der Waals surface area (Å²) in [7, 11) is 0. The Kier molecular flexibility index (Phi) is 7.41. The summed E-state index contributed by atoms with van der Waals surface area (Å²) in [4.78, 5) is 33.1. The molecule has 5 nitrogen and oxygen atoms in total. The lowest BCUT2D eigenvalue weighted by Gasteiger charge is -2.36. The maximum Gasteiger partial charge on any atom is 0.223 e. The molecular formula is C25H33N3O2S. The molecule has 1 saturated heterocycles. The van der Waals surface area contributed by atoms with Crippen molar-refractivity contribution in [2.24, 2.45) is 0 Å². The van der Waals surface area contributed by atoms with Crippen molar-refractivity contribution in [2.45, 2.75) is 45.1 Å². The number of amides is 2. The summed E-state index contributed by atoms with van der Waals surface area (Å²) in [6, 6.07) is 13.1. The maximum absolute atomic E-state index is 13.0. The van der Waals surface area contributed by atoms with Crippen LogP contribution in [0.3, 0.4) is 0 Å². The first-order valence-electron chi connectivity index (χ1n) is 11.6. The molecule has 1 aromatic carbocycles. The fourth-order valence-corrected chi connectivity index (χ4v) is 5.72. The molecule has 1 aromatic heterocycles. The molecule has 2 aliphatic heterocycles. The third-order valence-electron chi connectivity index (χ3n) is 6.46. The molecule has 166 valence electrons. The van der Waals surface area contributed by atoms with Gasteiger partial charge in [0.1, 0.15) is 0 Å². The summed E-state index contributed by atoms with van der Waals surface area (Å²) in [5.41, 5.74) is 2.70. The van der Waals surface area contributed by atoms with Gasteiger partial charge in [-0.05, 0) is 41.8 Å². The van der Waals surface area contributed by atoms with E-state index < -0.39 is 0 Å². The highest BCUT2D eigenvalue weighted by Crippen LogP contribution is 2.37. The van der Waals surface area contributed by atoms with Crippen LogP contribution >= 0.6 is 11.3 Å². The van der Waals surface area contributed by atoms with Crippen molar-refractivity contribution in [3.8, 4) is 0 Å². The van der Waals surface area contributed by atoms with Gasteiger partial charge in [0.25, 0.3) is 0 Å². The minimum Gasteiger partial charge on any atom is -0.341 e. The van der Waals surface area contributed by atoms with Crippen molar-refractivity contribution in [3.05, 3.63) is 57.8 Å². The number of hydrogen-bond acceptors (Lipinski definition) is 4. The zero-order valence-electron chi connectivity index (χ0n) is 18.5. The molecule has 0 spiro atoms. The van der Waals surface area contributed by atoms with Crippen LogP contribution in [0.2, 0.25) is 0 Å². The number of thiophene rings is 1. The van der Waals surface area contributed by atoms with Crippen LogP contribution in [0, 0.1) is 0 Å². The summed E-state index contributed by atoms with van der Waals surface area (Å²) in [5, 5.41) is 2.19. The molecule has 2 aliphatic rings. The zero-order valence-corrected chi connectivity index (χ0v) is 19.3. The van der Waals surface area contributed by atoms with Gasteiger partial charge in [-0.1, -0.05) is 37.3 Å². The minimum absolute atomic E-state index is 0.215. The van der Waals surface area contributed by atoms with Crippen LogP contribution in [-0.2, 0) is 16.0 Å². The Morgan fingerprint density at radius 2 is 1.65 bits per heavy atom. The molecule has 0 bridgehead atoms. The van der Waals surface area contributed by atoms with Crippen molar-refractivity contribution in [1.29, 1.82) is 0 Å². The van der Waals surface area contributed by atoms with Crippen LogP contribution in [0.15, 0.2) is 41.8 Å². The second-order valence-electron chi connectivity index (χ2n) is 8.51. The number of carbonyl (C=O) groups is 2. The Morgan fingerprint density at radius 3 is 2.35 bits per heavy atom. The Hall–Kier alpha value is -2.18. The van der Waals surface area contributed by atoms with E-state index in [2.05, 4.69) is 46.7 Å². The SMILES string of the molecule is CCCC(=O)N1CCCN(C(=O)CCN2CCc3sccc3C2c2ccccc2)CC1. The second-order valence-corrected chi connectivity index (χ2v) is 9.51. The standard InChI is InChI=1S/C25H33N3O2S/c1-2-7-23(29)26-13-6-14-27(18-17-26)24(30)11-16-28-15-10-22-21(12-19-31-22)25(28)20-8-4-3-5-9-20/h3-5,8-9,12,19,25H,2,6-7,10-11,13-18H2,1H3. The predicted molar refractivity (Wildman–Crippen MR) is 125 cm³/mol. The van der Waals surface area contributed by atoms with Gasteiger partial charge >= 0.3 is 0 Å². The monoisotopic (exact) mass is 439 g/mol. The Bertz CT molecular complexity index is 882. The van der Waals surface area contributed by atoms with Crippen LogP contribution in [0.5, 0.6) is 0 Å². The van der Waals surface area contributed by atoms with E-state index in [1.165, 1.54) is 16.0 Å². The van der Waals surface area contributed by atoms with Gasteiger partial charge in [0.05, 0.1) is 6.04 Å². The number of benzene rings is 1. The van der Waals surface area contributed by atoms with Crippen LogP contribution in [-0.4, -0.2) is 65.8 Å². The van der Waals surface area contributed by atoms with E-state index in [4.69, 9.17) is 0 Å². The lowest BCUT2D eigenvalue weighted by molar-refractivity contribution is -0.133. The molecule has 3 heterocycles. The average molecular weight is 440 g/mol. The molecule has 1 fully saturated rings. The predicted octanol–water partition coefficient (Wildman–Crippen LogP) is 3.95. The number of hydrogen-bond donors (Lipinski definition) is 0. The van der Waals surface area contributed by atoms with Gasteiger partial charge in [-0.25, -0.2) is 0 Å². The average Bonchev–Trinajstić information content (AvgIpc) is 3.13. The summed E-state index contributed by atoms with van der Waals surface area (Å²) in [6.45, 7) is 6.64. The van der Waals surface area contributed by atoms with Gasteiger partial charge in [-0.15, -0.1) is 11.3 Å². The van der Waals surface area contributed by atoms with Gasteiger partial charge in [0.15, 0.2) is 0 Å². The van der Waals surface area contributed by atoms with Gasteiger partial charge in [-0.2, -0.15) is 0 Å². The highest BCUT2D eigenvalue weighted by atomic mass is 32.1. The maximum atomic E-state index is 13.0. The fraction of sp³-hybridized carbons (Fsp3) is 0.520. The highest BCUT2D eigenvalue weighted by Gasteiger charge is 2.30. The van der Waals surface area contributed by atoms with E-state index in [1.54, 1.807) is 0 Å². The molecule has 2 aromatic rings. The fourth-order valence-electron chi connectivity index (χ4n) is 4.82. The largest absolute Gasteiger partial charge is 0.341 e. The molecule has 31 heavy (non-hydrogen) atoms. The molecule has 6 heteroatoms. The molecule has 1 unspecified atom stereocenters. The molecule has 1 atom stereocenters. The zero-order chi connectivity index (χ0) is 21.6. The summed E-state index contributed by atoms with van der Waals surface area (Å²) >= 11 is 1.85. The van der Waals surface area contributed by atoms with Crippen LogP contribution in [0.1, 0.15) is 54.7 Å². The third kappa shape index (κ3) is 5.18. The molecule has 4 rings (SSSR count). The quantitative estimate of drug-likeness (QED) is 0.685. The summed E-state index contributed by atoms with van der Waals surface area (Å²) in [6.07, 6.45) is 3.95. The van der Waals surface area contributed by atoms with Crippen molar-refractivity contribution in [2.75, 3.05) is 39.3 Å². The number of rotatable bonds is 6. The van der Waals surface area contributed by atoms with E-state index in [-0.39, 0.29) is 17.9 Å². The summed E-state index contributed by atoms with van der Waals surface area (Å²) in [5.74, 6) is 0.440.